The van der Waals surface area contributed by atoms with Crippen molar-refractivity contribution in [2.24, 2.45) is 5.92 Å². The van der Waals surface area contributed by atoms with Crippen molar-refractivity contribution in [1.29, 1.82) is 0 Å². The quantitative estimate of drug-likeness (QED) is 0.480. The minimum absolute atomic E-state index is 0.138. The first-order chi connectivity index (χ1) is 16.7. The van der Waals surface area contributed by atoms with E-state index >= 15 is 0 Å². The van der Waals surface area contributed by atoms with Crippen LogP contribution in [0.15, 0.2) is 42.5 Å². The van der Waals surface area contributed by atoms with Crippen LogP contribution in [0, 0.1) is 5.92 Å². The van der Waals surface area contributed by atoms with Crippen LogP contribution in [0.5, 0.6) is 11.5 Å². The Hall–Kier alpha value is -3.67. The van der Waals surface area contributed by atoms with Crippen LogP contribution in [-0.4, -0.2) is 34.8 Å². The molecular formula is C23H21F3N4O4S. The molecule has 0 fully saturated rings. The lowest BCUT2D eigenvalue weighted by atomic mass is 9.97. The van der Waals surface area contributed by atoms with Crippen LogP contribution in [0.4, 0.5) is 18.3 Å². The van der Waals surface area contributed by atoms with E-state index in [9.17, 15) is 22.8 Å². The third kappa shape index (κ3) is 5.53. The first kappa shape index (κ1) is 24.5. The fourth-order valence-corrected chi connectivity index (χ4v) is 4.11. The number of hydrogen-bond donors (Lipinski definition) is 2. The zero-order chi connectivity index (χ0) is 25.2. The fraction of sp³-hybridized carbons (Fsp3) is 0.304. The van der Waals surface area contributed by atoms with Crippen molar-refractivity contribution in [2.45, 2.75) is 32.5 Å². The molecule has 0 spiro atoms. The normalized spacial score (nSPS) is 14.3. The third-order valence-electron chi connectivity index (χ3n) is 5.51. The molecule has 35 heavy (non-hydrogen) atoms. The molecule has 1 aliphatic rings. The number of nitrogens with one attached hydrogen (secondary N) is 2. The van der Waals surface area contributed by atoms with Crippen molar-refractivity contribution in [3.05, 3.63) is 53.6 Å². The van der Waals surface area contributed by atoms with E-state index in [4.69, 9.17) is 9.47 Å². The number of carbonyl (C=O) groups is 2. The van der Waals surface area contributed by atoms with Gasteiger partial charge in [-0.1, -0.05) is 37.7 Å². The maximum absolute atomic E-state index is 13.0. The molecular weight excluding hydrogens is 485 g/mol. The Kier molecular flexibility index (Phi) is 6.92. The first-order valence-electron chi connectivity index (χ1n) is 10.7. The summed E-state index contributed by atoms with van der Waals surface area (Å²) in [5, 5.41) is 14.0. The van der Waals surface area contributed by atoms with E-state index in [1.54, 1.807) is 25.1 Å². The number of ether oxygens (including phenoxy) is 2. The monoisotopic (exact) mass is 506 g/mol. The molecule has 0 saturated carbocycles. The van der Waals surface area contributed by atoms with Crippen LogP contribution in [-0.2, 0) is 11.0 Å². The highest BCUT2D eigenvalue weighted by atomic mass is 32.1. The van der Waals surface area contributed by atoms with Gasteiger partial charge in [0.15, 0.2) is 11.5 Å². The number of amides is 2. The summed E-state index contributed by atoms with van der Waals surface area (Å²) < 4.78 is 49.7. The summed E-state index contributed by atoms with van der Waals surface area (Å²) in [6, 6.07) is 8.34. The van der Waals surface area contributed by atoms with Gasteiger partial charge >= 0.3 is 6.18 Å². The predicted molar refractivity (Wildman–Crippen MR) is 122 cm³/mol. The standard InChI is InChI=1S/C23H21F3N4O4S/c1-3-12(2)18(27-19(31)13-5-4-6-15(9-13)23(24,25)26)20(32)28-22-30-29-21(35-22)14-7-8-16-17(10-14)34-11-33-16/h4-10,12,18H,3,11H2,1-2H3,(H,27,31)(H,28,30,32). The molecule has 12 heteroatoms. The molecule has 4 rings (SSSR count). The molecule has 0 aliphatic carbocycles. The van der Waals surface area contributed by atoms with Crippen LogP contribution in [0.3, 0.4) is 0 Å². The summed E-state index contributed by atoms with van der Waals surface area (Å²) in [7, 11) is 0. The SMILES string of the molecule is CCC(C)C(NC(=O)c1cccc(C(F)(F)F)c1)C(=O)Nc1nnc(-c2ccc3c(c2)OCO3)s1. The number of anilines is 1. The van der Waals surface area contributed by atoms with Crippen molar-refractivity contribution in [3.63, 3.8) is 0 Å². The summed E-state index contributed by atoms with van der Waals surface area (Å²) in [5.74, 6) is -0.425. The minimum Gasteiger partial charge on any atom is -0.454 e. The Morgan fingerprint density at radius 2 is 1.89 bits per heavy atom. The predicted octanol–water partition coefficient (Wildman–Crippen LogP) is 4.74. The molecule has 1 aromatic heterocycles. The average molecular weight is 507 g/mol. The van der Waals surface area contributed by atoms with Gasteiger partial charge in [-0.3, -0.25) is 14.9 Å². The Morgan fingerprint density at radius 3 is 2.63 bits per heavy atom. The van der Waals surface area contributed by atoms with Crippen LogP contribution in [0.1, 0.15) is 36.2 Å². The Morgan fingerprint density at radius 1 is 1.11 bits per heavy atom. The van der Waals surface area contributed by atoms with Gasteiger partial charge in [-0.2, -0.15) is 13.2 Å². The number of aromatic nitrogens is 2. The second-order valence-corrected chi connectivity index (χ2v) is 8.86. The van der Waals surface area contributed by atoms with Gasteiger partial charge < -0.3 is 14.8 Å². The van der Waals surface area contributed by atoms with Crippen molar-refractivity contribution < 1.29 is 32.2 Å². The summed E-state index contributed by atoms with van der Waals surface area (Å²) in [4.78, 5) is 25.7. The topological polar surface area (TPSA) is 102 Å². The van der Waals surface area contributed by atoms with Crippen LogP contribution < -0.4 is 20.1 Å². The zero-order valence-electron chi connectivity index (χ0n) is 18.7. The van der Waals surface area contributed by atoms with E-state index < -0.39 is 29.6 Å². The molecule has 2 aromatic carbocycles. The van der Waals surface area contributed by atoms with Crippen LogP contribution in [0.2, 0.25) is 0 Å². The molecule has 1 aliphatic heterocycles. The molecule has 2 atom stereocenters. The first-order valence-corrected chi connectivity index (χ1v) is 11.5. The molecule has 184 valence electrons. The number of halogens is 3. The van der Waals surface area contributed by atoms with Gasteiger partial charge in [0.05, 0.1) is 5.56 Å². The highest BCUT2D eigenvalue weighted by Crippen LogP contribution is 2.37. The van der Waals surface area contributed by atoms with Gasteiger partial charge in [-0.15, -0.1) is 10.2 Å². The Labute approximate surface area is 202 Å². The van der Waals surface area contributed by atoms with Crippen LogP contribution >= 0.6 is 11.3 Å². The highest BCUT2D eigenvalue weighted by Gasteiger charge is 2.32. The van der Waals surface area contributed by atoms with Gasteiger partial charge in [0.2, 0.25) is 17.8 Å². The number of nitrogens with zero attached hydrogens (tertiary/aromatic N) is 2. The number of benzene rings is 2. The lowest BCUT2D eigenvalue weighted by Crippen LogP contribution is -2.47. The van der Waals surface area contributed by atoms with Crippen molar-refractivity contribution in [1.82, 2.24) is 15.5 Å². The minimum atomic E-state index is -4.59. The van der Waals surface area contributed by atoms with Gasteiger partial charge in [0.1, 0.15) is 11.0 Å². The summed E-state index contributed by atoms with van der Waals surface area (Å²) in [6.45, 7) is 3.73. The average Bonchev–Trinajstić information content (AvgIpc) is 3.50. The second-order valence-electron chi connectivity index (χ2n) is 7.88. The van der Waals surface area contributed by atoms with E-state index in [0.29, 0.717) is 22.9 Å². The van der Waals surface area contributed by atoms with E-state index in [1.165, 1.54) is 6.07 Å². The number of carbonyl (C=O) groups excluding carboxylic acids is 2. The van der Waals surface area contributed by atoms with E-state index in [0.717, 1.165) is 35.1 Å². The Balaban J connectivity index is 1.48. The largest absolute Gasteiger partial charge is 0.454 e. The molecule has 3 aromatic rings. The van der Waals surface area contributed by atoms with Gasteiger partial charge in [-0.25, -0.2) is 0 Å². The second kappa shape index (κ2) is 9.90. The van der Waals surface area contributed by atoms with Gasteiger partial charge in [-0.05, 0) is 42.3 Å². The number of alkyl halides is 3. The molecule has 2 amide bonds. The van der Waals surface area contributed by atoms with Crippen molar-refractivity contribution >= 4 is 28.3 Å². The van der Waals surface area contributed by atoms with Gasteiger partial charge in [0.25, 0.3) is 5.91 Å². The fourth-order valence-electron chi connectivity index (χ4n) is 3.37. The van der Waals surface area contributed by atoms with Crippen molar-refractivity contribution in [2.75, 3.05) is 12.1 Å². The van der Waals surface area contributed by atoms with E-state index in [-0.39, 0.29) is 23.4 Å². The lowest BCUT2D eigenvalue weighted by Gasteiger charge is -2.23. The smallest absolute Gasteiger partial charge is 0.416 e. The molecule has 2 heterocycles. The molecule has 0 bridgehead atoms. The Bertz CT molecular complexity index is 1250. The lowest BCUT2D eigenvalue weighted by molar-refractivity contribution is -0.137. The number of hydrogen-bond acceptors (Lipinski definition) is 7. The van der Waals surface area contributed by atoms with Crippen LogP contribution in [0.25, 0.3) is 10.6 Å². The summed E-state index contributed by atoms with van der Waals surface area (Å²) in [6.07, 6.45) is -4.04. The molecule has 0 saturated heterocycles. The summed E-state index contributed by atoms with van der Waals surface area (Å²) in [5.41, 5.74) is -0.412. The van der Waals surface area contributed by atoms with E-state index in [2.05, 4.69) is 20.8 Å². The highest BCUT2D eigenvalue weighted by molar-refractivity contribution is 7.18. The van der Waals surface area contributed by atoms with Gasteiger partial charge in [0, 0.05) is 11.1 Å². The van der Waals surface area contributed by atoms with E-state index in [1.807, 2.05) is 6.92 Å². The molecule has 8 nitrogen and oxygen atoms in total. The summed E-state index contributed by atoms with van der Waals surface area (Å²) >= 11 is 1.13. The maximum atomic E-state index is 13.0. The molecule has 2 unspecified atom stereocenters. The zero-order valence-corrected chi connectivity index (χ0v) is 19.5. The number of rotatable bonds is 7. The van der Waals surface area contributed by atoms with Crippen molar-refractivity contribution in [3.8, 4) is 22.1 Å². The maximum Gasteiger partial charge on any atom is 0.416 e. The molecule has 2 N–H and O–H groups in total. The number of fused-ring (bicyclic) bond motifs is 1. The third-order valence-corrected chi connectivity index (χ3v) is 6.40. The molecule has 0 radical (unpaired) electrons.